The third-order valence-electron chi connectivity index (χ3n) is 6.79. The fourth-order valence-electron chi connectivity index (χ4n) is 4.73. The van der Waals surface area contributed by atoms with Gasteiger partial charge < -0.3 is 19.1 Å². The summed E-state index contributed by atoms with van der Waals surface area (Å²) in [6.07, 6.45) is 1.48. The lowest BCUT2D eigenvalue weighted by Gasteiger charge is -2.29. The molecule has 7 nitrogen and oxygen atoms in total. The van der Waals surface area contributed by atoms with Crippen molar-refractivity contribution in [3.63, 3.8) is 0 Å². The van der Waals surface area contributed by atoms with Crippen molar-refractivity contribution in [2.75, 3.05) is 19.3 Å². The van der Waals surface area contributed by atoms with Crippen molar-refractivity contribution in [3.8, 4) is 11.5 Å². The van der Waals surface area contributed by atoms with Crippen molar-refractivity contribution >= 4 is 29.6 Å². The van der Waals surface area contributed by atoms with Crippen LogP contribution in [0.5, 0.6) is 11.5 Å². The van der Waals surface area contributed by atoms with Crippen LogP contribution in [0.1, 0.15) is 56.5 Å². The van der Waals surface area contributed by atoms with Gasteiger partial charge in [0, 0.05) is 35.4 Å². The number of ketones is 1. The van der Waals surface area contributed by atoms with Crippen LogP contribution < -0.4 is 9.47 Å². The molecule has 0 radical (unpaired) electrons. The maximum absolute atomic E-state index is 13.8. The maximum atomic E-state index is 13.8. The number of hydrogen-bond acceptors (Lipinski definition) is 7. The lowest BCUT2D eigenvalue weighted by atomic mass is 9.84. The summed E-state index contributed by atoms with van der Waals surface area (Å²) in [4.78, 5) is 42.4. The van der Waals surface area contributed by atoms with Crippen LogP contribution in [0.15, 0.2) is 83.8 Å². The van der Waals surface area contributed by atoms with Gasteiger partial charge in [-0.1, -0.05) is 42.5 Å². The zero-order valence-electron chi connectivity index (χ0n) is 24.4. The number of carbonyl (C=O) groups excluding carboxylic acids is 3. The van der Waals surface area contributed by atoms with Crippen molar-refractivity contribution in [2.45, 2.75) is 56.6 Å². The van der Waals surface area contributed by atoms with Gasteiger partial charge in [-0.3, -0.25) is 4.79 Å². The molecule has 4 rings (SSSR count). The molecule has 0 spiro atoms. The minimum Gasteiger partial charge on any atom is -0.476 e. The van der Waals surface area contributed by atoms with Gasteiger partial charge in [-0.2, -0.15) is 0 Å². The Morgan fingerprint density at radius 2 is 1.49 bits per heavy atom. The molecule has 41 heavy (non-hydrogen) atoms. The smallest absolute Gasteiger partial charge is 0.415 e. The van der Waals surface area contributed by atoms with Gasteiger partial charge in [-0.05, 0) is 82.8 Å². The van der Waals surface area contributed by atoms with Crippen LogP contribution in [0.4, 0.5) is 4.79 Å². The third kappa shape index (κ3) is 7.70. The van der Waals surface area contributed by atoms with Crippen LogP contribution in [-0.4, -0.2) is 53.3 Å². The summed E-state index contributed by atoms with van der Waals surface area (Å²) in [7, 11) is 0. The van der Waals surface area contributed by atoms with Gasteiger partial charge in [0.2, 0.25) is 0 Å². The summed E-state index contributed by atoms with van der Waals surface area (Å²) in [6, 6.07) is 23.7. The molecule has 0 unspecified atom stereocenters. The number of esters is 1. The van der Waals surface area contributed by atoms with Crippen molar-refractivity contribution in [3.05, 3.63) is 90.0 Å². The molecule has 1 aliphatic rings. The molecular weight excluding hydrogens is 538 g/mol. The Kier molecular flexibility index (Phi) is 9.12. The van der Waals surface area contributed by atoms with E-state index >= 15 is 0 Å². The molecule has 0 bridgehead atoms. The Morgan fingerprint density at radius 3 is 2.12 bits per heavy atom. The number of Topliss-reactive ketones (excluding diaryl/α,β-unsaturated/α-hetero) is 1. The summed E-state index contributed by atoms with van der Waals surface area (Å²) in [5.74, 6) is -0.409. The molecule has 3 aromatic rings. The van der Waals surface area contributed by atoms with Crippen molar-refractivity contribution in [1.29, 1.82) is 0 Å². The molecule has 0 aliphatic carbocycles. The number of hydrogen-bond donors (Lipinski definition) is 0. The molecule has 0 saturated carbocycles. The van der Waals surface area contributed by atoms with Gasteiger partial charge in [0.1, 0.15) is 17.1 Å². The van der Waals surface area contributed by atoms with E-state index in [1.807, 2.05) is 75.6 Å². The molecule has 1 fully saturated rings. The second kappa shape index (κ2) is 12.4. The molecule has 1 amide bonds. The molecule has 216 valence electrons. The van der Waals surface area contributed by atoms with E-state index in [1.165, 1.54) is 0 Å². The number of nitrogens with zero attached hydrogens (tertiary/aromatic N) is 1. The SMILES string of the molecule is CSc1ccc(C(=O)[C@H]2CN(C(=O)Oc3ccccc3)C[C@@H]2c2cccc(OC(C)(C)C(=O)OC(C)(C)C)c2)cc1. The largest absolute Gasteiger partial charge is 0.476 e. The fraction of sp³-hybridized carbons (Fsp3) is 0.364. The summed E-state index contributed by atoms with van der Waals surface area (Å²) >= 11 is 1.61. The highest BCUT2D eigenvalue weighted by Gasteiger charge is 2.42. The van der Waals surface area contributed by atoms with E-state index in [9.17, 15) is 14.4 Å². The summed E-state index contributed by atoms with van der Waals surface area (Å²) in [6.45, 7) is 9.26. The predicted octanol–water partition coefficient (Wildman–Crippen LogP) is 7.00. The van der Waals surface area contributed by atoms with Crippen LogP contribution in [0.2, 0.25) is 0 Å². The van der Waals surface area contributed by atoms with Crippen LogP contribution in [0, 0.1) is 5.92 Å². The van der Waals surface area contributed by atoms with E-state index in [4.69, 9.17) is 14.2 Å². The monoisotopic (exact) mass is 575 g/mol. The number of rotatable bonds is 8. The van der Waals surface area contributed by atoms with Crippen LogP contribution in [-0.2, 0) is 9.53 Å². The Morgan fingerprint density at radius 1 is 0.829 bits per heavy atom. The first-order valence-electron chi connectivity index (χ1n) is 13.6. The number of para-hydroxylation sites is 1. The van der Waals surface area contributed by atoms with E-state index in [-0.39, 0.29) is 18.2 Å². The van der Waals surface area contributed by atoms with E-state index in [0.717, 1.165) is 10.5 Å². The Labute approximate surface area is 246 Å². The van der Waals surface area contributed by atoms with E-state index in [0.29, 0.717) is 23.6 Å². The predicted molar refractivity (Wildman–Crippen MR) is 160 cm³/mol. The number of ether oxygens (including phenoxy) is 3. The molecule has 1 aliphatic heterocycles. The molecule has 3 aromatic carbocycles. The first kappa shape index (κ1) is 30.2. The zero-order chi connectivity index (χ0) is 29.8. The summed E-state index contributed by atoms with van der Waals surface area (Å²) in [5, 5.41) is 0. The fourth-order valence-corrected chi connectivity index (χ4v) is 5.13. The first-order valence-corrected chi connectivity index (χ1v) is 14.8. The second-order valence-corrected chi connectivity index (χ2v) is 12.5. The molecule has 2 atom stereocenters. The average Bonchev–Trinajstić information content (AvgIpc) is 3.38. The maximum Gasteiger partial charge on any atom is 0.415 e. The number of amides is 1. The highest BCUT2D eigenvalue weighted by Crippen LogP contribution is 2.37. The van der Waals surface area contributed by atoms with E-state index < -0.39 is 29.2 Å². The molecule has 0 aromatic heterocycles. The van der Waals surface area contributed by atoms with E-state index in [2.05, 4.69) is 0 Å². The minimum atomic E-state index is -1.23. The third-order valence-corrected chi connectivity index (χ3v) is 7.53. The second-order valence-electron chi connectivity index (χ2n) is 11.6. The lowest BCUT2D eigenvalue weighted by molar-refractivity contribution is -0.170. The van der Waals surface area contributed by atoms with Crippen LogP contribution >= 0.6 is 11.8 Å². The van der Waals surface area contributed by atoms with Gasteiger partial charge >= 0.3 is 12.1 Å². The summed E-state index contributed by atoms with van der Waals surface area (Å²) in [5.41, 5.74) is -0.462. The van der Waals surface area contributed by atoms with Crippen LogP contribution in [0.3, 0.4) is 0 Å². The number of thioether (sulfide) groups is 1. The normalized spacial score (nSPS) is 17.2. The minimum absolute atomic E-state index is 0.0435. The van der Waals surface area contributed by atoms with E-state index in [1.54, 1.807) is 60.8 Å². The van der Waals surface area contributed by atoms with Gasteiger partial charge in [0.15, 0.2) is 11.4 Å². The Balaban J connectivity index is 1.60. The first-order chi connectivity index (χ1) is 19.4. The highest BCUT2D eigenvalue weighted by atomic mass is 32.2. The number of carbonyl (C=O) groups is 3. The van der Waals surface area contributed by atoms with Crippen molar-refractivity contribution in [2.24, 2.45) is 5.92 Å². The topological polar surface area (TPSA) is 82.1 Å². The van der Waals surface area contributed by atoms with Crippen molar-refractivity contribution < 1.29 is 28.6 Å². The molecular formula is C33H37NO6S. The number of likely N-dealkylation sites (tertiary alicyclic amines) is 1. The van der Waals surface area contributed by atoms with Gasteiger partial charge in [-0.15, -0.1) is 11.8 Å². The van der Waals surface area contributed by atoms with Crippen molar-refractivity contribution in [1.82, 2.24) is 4.90 Å². The van der Waals surface area contributed by atoms with Gasteiger partial charge in [-0.25, -0.2) is 9.59 Å². The number of benzene rings is 3. The average molecular weight is 576 g/mol. The highest BCUT2D eigenvalue weighted by molar-refractivity contribution is 7.98. The molecule has 1 heterocycles. The zero-order valence-corrected chi connectivity index (χ0v) is 25.2. The Hall–Kier alpha value is -3.78. The standard InChI is InChI=1S/C33H37NO6S/c1-32(2,3)40-30(36)33(4,5)39-25-14-10-11-23(19-25)27-20-34(31(37)38-24-12-8-7-9-13-24)21-28(27)29(35)22-15-17-26(41-6)18-16-22/h7-19,27-28H,20-21H2,1-6H3/t27-,28+/m1/s1. The Bertz CT molecular complexity index is 1380. The quantitative estimate of drug-likeness (QED) is 0.162. The van der Waals surface area contributed by atoms with Gasteiger partial charge in [0.25, 0.3) is 0 Å². The lowest BCUT2D eigenvalue weighted by Crippen LogP contribution is -2.43. The van der Waals surface area contributed by atoms with Crippen LogP contribution in [0.25, 0.3) is 0 Å². The molecule has 0 N–H and O–H groups in total. The molecule has 1 saturated heterocycles. The summed E-state index contributed by atoms with van der Waals surface area (Å²) < 4.78 is 17.2. The van der Waals surface area contributed by atoms with Gasteiger partial charge in [0.05, 0.1) is 0 Å². The molecule has 8 heteroatoms.